The minimum Gasteiger partial charge on any atom is -0.311 e. The first-order valence-corrected chi connectivity index (χ1v) is 6.10. The van der Waals surface area contributed by atoms with E-state index in [0.29, 0.717) is 18.7 Å². The number of anilines is 1. The minimum atomic E-state index is -0.449. The van der Waals surface area contributed by atoms with E-state index in [9.17, 15) is 14.9 Å². The Balaban J connectivity index is 2.41. The average Bonchev–Trinajstić information content (AvgIpc) is 2.58. The molecule has 5 nitrogen and oxygen atoms in total. The normalized spacial score (nSPS) is 19.8. The fraction of sp³-hybridized carbons (Fsp3) is 0.364. The van der Waals surface area contributed by atoms with Crippen LogP contribution in [0.15, 0.2) is 18.2 Å². The number of nitro groups is 1. The van der Waals surface area contributed by atoms with Crippen LogP contribution in [0, 0.1) is 17.0 Å². The molecule has 0 aliphatic carbocycles. The molecule has 1 unspecified atom stereocenters. The van der Waals surface area contributed by atoms with Crippen LogP contribution < -0.4 is 4.90 Å². The van der Waals surface area contributed by atoms with Crippen molar-refractivity contribution < 1.29 is 9.72 Å². The van der Waals surface area contributed by atoms with Gasteiger partial charge < -0.3 is 4.90 Å². The minimum absolute atomic E-state index is 0.00419. The van der Waals surface area contributed by atoms with Gasteiger partial charge >= 0.3 is 0 Å². The third-order valence-electron chi connectivity index (χ3n) is 2.77. The van der Waals surface area contributed by atoms with Gasteiger partial charge in [-0.1, -0.05) is 22.0 Å². The molecule has 0 bridgehead atoms. The van der Waals surface area contributed by atoms with E-state index in [1.165, 1.54) is 12.1 Å². The summed E-state index contributed by atoms with van der Waals surface area (Å²) in [5.41, 5.74) is 1.51. The number of hydrogen-bond acceptors (Lipinski definition) is 3. The van der Waals surface area contributed by atoms with Gasteiger partial charge in [0.25, 0.3) is 5.69 Å². The highest BCUT2D eigenvalue weighted by Gasteiger charge is 2.30. The lowest BCUT2D eigenvalue weighted by Gasteiger charge is -2.18. The number of carbonyl (C=O) groups is 1. The Kier molecular flexibility index (Phi) is 3.15. The van der Waals surface area contributed by atoms with Crippen molar-refractivity contribution in [2.24, 2.45) is 0 Å². The molecule has 0 spiro atoms. The summed E-state index contributed by atoms with van der Waals surface area (Å²) in [4.78, 5) is 23.7. The monoisotopic (exact) mass is 298 g/mol. The molecular formula is C11H11BrN2O3. The summed E-state index contributed by atoms with van der Waals surface area (Å²) in [5.74, 6) is -0.00419. The van der Waals surface area contributed by atoms with Crippen molar-refractivity contribution in [2.75, 3.05) is 11.4 Å². The van der Waals surface area contributed by atoms with E-state index in [0.717, 1.165) is 5.56 Å². The molecule has 1 heterocycles. The first-order valence-electron chi connectivity index (χ1n) is 5.18. The van der Waals surface area contributed by atoms with Gasteiger partial charge in [0, 0.05) is 29.9 Å². The van der Waals surface area contributed by atoms with Crippen molar-refractivity contribution in [1.29, 1.82) is 0 Å². The first kappa shape index (κ1) is 12.0. The number of non-ortho nitro benzene ring substituents is 1. The molecule has 0 N–H and O–H groups in total. The third-order valence-corrected chi connectivity index (χ3v) is 3.39. The van der Waals surface area contributed by atoms with Crippen LogP contribution in [0.25, 0.3) is 0 Å². The van der Waals surface area contributed by atoms with Crippen LogP contribution in [0.2, 0.25) is 0 Å². The number of nitro benzene ring substituents is 1. The van der Waals surface area contributed by atoms with Gasteiger partial charge in [0.1, 0.15) is 0 Å². The Labute approximate surface area is 107 Å². The smallest absolute Gasteiger partial charge is 0.271 e. The number of hydrogen-bond donors (Lipinski definition) is 0. The Morgan fingerprint density at radius 3 is 2.76 bits per heavy atom. The molecule has 2 rings (SSSR count). The van der Waals surface area contributed by atoms with Gasteiger partial charge in [0.2, 0.25) is 5.91 Å². The lowest BCUT2D eigenvalue weighted by atomic mass is 10.1. The van der Waals surface area contributed by atoms with E-state index in [2.05, 4.69) is 15.9 Å². The number of alkyl halides is 1. The second kappa shape index (κ2) is 4.44. The highest BCUT2D eigenvalue weighted by molar-refractivity contribution is 9.09. The highest BCUT2D eigenvalue weighted by atomic mass is 79.9. The maximum absolute atomic E-state index is 11.7. The summed E-state index contributed by atoms with van der Waals surface area (Å²) in [7, 11) is 0. The summed E-state index contributed by atoms with van der Waals surface area (Å²) in [6, 6.07) is 4.57. The Bertz CT molecular complexity index is 490. The Morgan fingerprint density at radius 1 is 1.53 bits per heavy atom. The zero-order chi connectivity index (χ0) is 12.6. The third kappa shape index (κ3) is 2.31. The average molecular weight is 299 g/mol. The molecule has 0 aromatic heterocycles. The fourth-order valence-electron chi connectivity index (χ4n) is 1.90. The van der Waals surface area contributed by atoms with Gasteiger partial charge in [-0.2, -0.15) is 0 Å². The maximum Gasteiger partial charge on any atom is 0.271 e. The van der Waals surface area contributed by atoms with Crippen molar-refractivity contribution >= 4 is 33.2 Å². The largest absolute Gasteiger partial charge is 0.311 e. The van der Waals surface area contributed by atoms with Gasteiger partial charge in [0.05, 0.1) is 10.6 Å². The van der Waals surface area contributed by atoms with E-state index >= 15 is 0 Å². The lowest BCUT2D eigenvalue weighted by Crippen LogP contribution is -2.25. The number of rotatable bonds is 2. The summed E-state index contributed by atoms with van der Waals surface area (Å²) < 4.78 is 0. The van der Waals surface area contributed by atoms with Gasteiger partial charge in [-0.05, 0) is 12.5 Å². The molecule has 1 aromatic rings. The quantitative estimate of drug-likeness (QED) is 0.478. The van der Waals surface area contributed by atoms with Crippen LogP contribution in [0.4, 0.5) is 11.4 Å². The molecular weight excluding hydrogens is 288 g/mol. The maximum atomic E-state index is 11.7. The van der Waals surface area contributed by atoms with Crippen LogP contribution in [0.5, 0.6) is 0 Å². The lowest BCUT2D eigenvalue weighted by molar-refractivity contribution is -0.384. The Hall–Kier alpha value is -1.43. The van der Waals surface area contributed by atoms with E-state index in [1.54, 1.807) is 11.0 Å². The molecule has 1 saturated heterocycles. The second-order valence-electron chi connectivity index (χ2n) is 4.03. The molecule has 6 heteroatoms. The van der Waals surface area contributed by atoms with Gasteiger partial charge in [0.15, 0.2) is 0 Å². The number of benzene rings is 1. The van der Waals surface area contributed by atoms with Crippen LogP contribution in [-0.4, -0.2) is 22.2 Å². The van der Waals surface area contributed by atoms with Crippen molar-refractivity contribution in [3.63, 3.8) is 0 Å². The van der Waals surface area contributed by atoms with E-state index in [1.807, 2.05) is 6.92 Å². The van der Waals surface area contributed by atoms with Crippen molar-refractivity contribution in [3.8, 4) is 0 Å². The molecule has 1 amide bonds. The molecule has 0 radical (unpaired) electrons. The SMILES string of the molecule is Cc1ccc([N+](=O)[O-])cc1N1CC(Br)CC1=O. The summed E-state index contributed by atoms with van der Waals surface area (Å²) >= 11 is 3.39. The predicted molar refractivity (Wildman–Crippen MR) is 67.5 cm³/mol. The zero-order valence-corrected chi connectivity index (χ0v) is 10.8. The van der Waals surface area contributed by atoms with E-state index in [-0.39, 0.29) is 16.4 Å². The van der Waals surface area contributed by atoms with Crippen LogP contribution in [0.1, 0.15) is 12.0 Å². The summed E-state index contributed by atoms with van der Waals surface area (Å²) in [6.45, 7) is 2.40. The highest BCUT2D eigenvalue weighted by Crippen LogP contribution is 2.30. The fourth-order valence-corrected chi connectivity index (χ4v) is 2.47. The Morgan fingerprint density at radius 2 is 2.24 bits per heavy atom. The molecule has 1 aromatic carbocycles. The first-order chi connectivity index (χ1) is 7.99. The number of aryl methyl sites for hydroxylation is 1. The number of halogens is 1. The predicted octanol–water partition coefficient (Wildman–Crippen LogP) is 2.40. The number of amides is 1. The standard InChI is InChI=1S/C11H11BrN2O3/c1-7-2-3-9(14(16)17)5-10(7)13-6-8(12)4-11(13)15/h2-3,5,8H,4,6H2,1H3. The van der Waals surface area contributed by atoms with E-state index < -0.39 is 4.92 Å². The van der Waals surface area contributed by atoms with Crippen LogP contribution in [-0.2, 0) is 4.79 Å². The second-order valence-corrected chi connectivity index (χ2v) is 5.33. The van der Waals surface area contributed by atoms with Gasteiger partial charge in [-0.3, -0.25) is 14.9 Å². The molecule has 1 aliphatic rings. The number of carbonyl (C=O) groups excluding carboxylic acids is 1. The molecule has 0 saturated carbocycles. The molecule has 17 heavy (non-hydrogen) atoms. The summed E-state index contributed by atoms with van der Waals surface area (Å²) in [6.07, 6.45) is 0.433. The molecule has 1 fully saturated rings. The van der Waals surface area contributed by atoms with E-state index in [4.69, 9.17) is 0 Å². The van der Waals surface area contributed by atoms with Crippen LogP contribution >= 0.6 is 15.9 Å². The molecule has 1 atom stereocenters. The van der Waals surface area contributed by atoms with Crippen molar-refractivity contribution in [2.45, 2.75) is 18.2 Å². The summed E-state index contributed by atoms with van der Waals surface area (Å²) in [5, 5.41) is 10.7. The number of nitrogens with zero attached hydrogens (tertiary/aromatic N) is 2. The topological polar surface area (TPSA) is 63.5 Å². The molecule has 90 valence electrons. The van der Waals surface area contributed by atoms with Crippen molar-refractivity contribution in [1.82, 2.24) is 0 Å². The van der Waals surface area contributed by atoms with Gasteiger partial charge in [-0.15, -0.1) is 0 Å². The van der Waals surface area contributed by atoms with Crippen molar-refractivity contribution in [3.05, 3.63) is 33.9 Å². The van der Waals surface area contributed by atoms with Gasteiger partial charge in [-0.25, -0.2) is 0 Å². The molecule has 1 aliphatic heterocycles. The zero-order valence-electron chi connectivity index (χ0n) is 9.22. The van der Waals surface area contributed by atoms with Crippen LogP contribution in [0.3, 0.4) is 0 Å².